The summed E-state index contributed by atoms with van der Waals surface area (Å²) in [6, 6.07) is 12.0. The van der Waals surface area contributed by atoms with E-state index in [2.05, 4.69) is 30.0 Å². The van der Waals surface area contributed by atoms with E-state index >= 15 is 0 Å². The molecule has 9 heteroatoms. The molecule has 5 aromatic rings. The minimum absolute atomic E-state index is 0.201. The van der Waals surface area contributed by atoms with E-state index in [4.69, 9.17) is 15.7 Å². The fourth-order valence-corrected chi connectivity index (χ4v) is 3.60. The molecule has 0 unspecified atom stereocenters. The van der Waals surface area contributed by atoms with Crippen LogP contribution in [0.3, 0.4) is 0 Å². The summed E-state index contributed by atoms with van der Waals surface area (Å²) in [5.41, 5.74) is 11.4. The third-order valence-electron chi connectivity index (χ3n) is 5.14. The van der Waals surface area contributed by atoms with Gasteiger partial charge in [-0.25, -0.2) is 15.0 Å². The molecule has 0 amide bonds. The van der Waals surface area contributed by atoms with Crippen molar-refractivity contribution in [2.75, 3.05) is 18.0 Å². The highest BCUT2D eigenvalue weighted by molar-refractivity contribution is 5.91. The molecule has 4 aromatic heterocycles. The number of rotatable bonds is 3. The molecule has 1 fully saturated rings. The number of hydrogen-bond acceptors (Lipinski definition) is 7. The number of anilines is 1. The van der Waals surface area contributed by atoms with Crippen LogP contribution >= 0.6 is 0 Å². The van der Waals surface area contributed by atoms with Gasteiger partial charge in [-0.3, -0.25) is 10.1 Å². The molecule has 29 heavy (non-hydrogen) atoms. The van der Waals surface area contributed by atoms with Gasteiger partial charge in [0.05, 0.1) is 34.6 Å². The third kappa shape index (κ3) is 2.63. The SMILES string of the molecule is NC1CN(c2cncc(-c3ccc4[nH]nc(-c5nc6ccccc6[nH]5)c4n3)n2)C1. The summed E-state index contributed by atoms with van der Waals surface area (Å²) >= 11 is 0. The van der Waals surface area contributed by atoms with E-state index in [-0.39, 0.29) is 6.04 Å². The lowest BCUT2D eigenvalue weighted by Crippen LogP contribution is -2.56. The topological polar surface area (TPSA) is 125 Å². The maximum atomic E-state index is 5.88. The Balaban J connectivity index is 1.43. The van der Waals surface area contributed by atoms with Crippen LogP contribution < -0.4 is 10.6 Å². The molecule has 0 atom stereocenters. The van der Waals surface area contributed by atoms with Gasteiger partial charge in [0, 0.05) is 19.1 Å². The van der Waals surface area contributed by atoms with Crippen molar-refractivity contribution in [3.05, 3.63) is 48.8 Å². The van der Waals surface area contributed by atoms with Gasteiger partial charge < -0.3 is 15.6 Å². The van der Waals surface area contributed by atoms with Crippen LogP contribution in [0.25, 0.3) is 45.0 Å². The van der Waals surface area contributed by atoms with Crippen LogP contribution in [-0.2, 0) is 0 Å². The number of nitrogens with one attached hydrogen (secondary N) is 2. The number of aromatic nitrogens is 7. The van der Waals surface area contributed by atoms with E-state index < -0.39 is 0 Å². The lowest BCUT2D eigenvalue weighted by Gasteiger charge is -2.37. The molecular formula is C20H17N9. The zero-order valence-corrected chi connectivity index (χ0v) is 15.4. The highest BCUT2D eigenvalue weighted by Crippen LogP contribution is 2.27. The number of fused-ring (bicyclic) bond motifs is 2. The van der Waals surface area contributed by atoms with Crippen molar-refractivity contribution in [3.63, 3.8) is 0 Å². The van der Waals surface area contributed by atoms with Crippen molar-refractivity contribution in [1.82, 2.24) is 35.1 Å². The first-order chi connectivity index (χ1) is 14.2. The molecule has 6 rings (SSSR count). The Kier molecular flexibility index (Phi) is 3.38. The number of H-pyrrole nitrogens is 2. The van der Waals surface area contributed by atoms with Gasteiger partial charge in [0.2, 0.25) is 0 Å². The standard InChI is InChI=1S/C20H17N9/c21-11-9-29(10-11)17-8-22-7-16(23-17)14-5-6-15-18(24-14)19(28-27-15)20-25-12-3-1-2-4-13(12)26-20/h1-8,11H,9-10,21H2,(H,25,26)(H,27,28). The van der Waals surface area contributed by atoms with Gasteiger partial charge in [-0.2, -0.15) is 5.10 Å². The maximum absolute atomic E-state index is 5.88. The molecule has 0 saturated carbocycles. The number of imidazole rings is 1. The summed E-state index contributed by atoms with van der Waals surface area (Å²) in [4.78, 5) is 23.9. The number of aromatic amines is 2. The molecule has 9 nitrogen and oxygen atoms in total. The molecule has 0 bridgehead atoms. The average Bonchev–Trinajstić information content (AvgIpc) is 3.34. The fourth-order valence-electron chi connectivity index (χ4n) is 3.60. The van der Waals surface area contributed by atoms with E-state index in [1.54, 1.807) is 12.4 Å². The molecule has 1 aliphatic heterocycles. The van der Waals surface area contributed by atoms with Crippen molar-refractivity contribution in [2.45, 2.75) is 6.04 Å². The Morgan fingerprint density at radius 1 is 0.931 bits per heavy atom. The van der Waals surface area contributed by atoms with Crippen molar-refractivity contribution in [3.8, 4) is 22.9 Å². The van der Waals surface area contributed by atoms with E-state index in [0.717, 1.165) is 46.7 Å². The van der Waals surface area contributed by atoms with E-state index in [0.29, 0.717) is 17.2 Å². The summed E-state index contributed by atoms with van der Waals surface area (Å²) in [6.07, 6.45) is 3.48. The second-order valence-electron chi connectivity index (χ2n) is 7.20. The Hall–Kier alpha value is -3.85. The zero-order chi connectivity index (χ0) is 19.4. The molecular weight excluding hydrogens is 366 g/mol. The summed E-state index contributed by atoms with van der Waals surface area (Å²) < 4.78 is 0. The molecule has 142 valence electrons. The first-order valence-corrected chi connectivity index (χ1v) is 9.38. The van der Waals surface area contributed by atoms with Crippen LogP contribution in [0.1, 0.15) is 0 Å². The van der Waals surface area contributed by atoms with Gasteiger partial charge >= 0.3 is 0 Å². The highest BCUT2D eigenvalue weighted by Gasteiger charge is 2.25. The molecule has 1 aromatic carbocycles. The van der Waals surface area contributed by atoms with Crippen molar-refractivity contribution in [1.29, 1.82) is 0 Å². The average molecular weight is 383 g/mol. The first kappa shape index (κ1) is 16.1. The number of para-hydroxylation sites is 2. The van der Waals surface area contributed by atoms with Gasteiger partial charge in [0.15, 0.2) is 11.5 Å². The molecule has 1 saturated heterocycles. The van der Waals surface area contributed by atoms with E-state index in [1.165, 1.54) is 0 Å². The minimum atomic E-state index is 0.201. The predicted octanol–water partition coefficient (Wildman–Crippen LogP) is 2.11. The molecule has 0 radical (unpaired) electrons. The lowest BCUT2D eigenvalue weighted by molar-refractivity contribution is 0.514. The summed E-state index contributed by atoms with van der Waals surface area (Å²) in [7, 11) is 0. The number of pyridine rings is 1. The Morgan fingerprint density at radius 3 is 2.69 bits per heavy atom. The molecule has 5 heterocycles. The largest absolute Gasteiger partial charge is 0.352 e. The molecule has 0 aliphatic carbocycles. The monoisotopic (exact) mass is 383 g/mol. The zero-order valence-electron chi connectivity index (χ0n) is 15.4. The van der Waals surface area contributed by atoms with Gasteiger partial charge in [0.1, 0.15) is 17.0 Å². The van der Waals surface area contributed by atoms with Gasteiger partial charge in [-0.15, -0.1) is 0 Å². The summed E-state index contributed by atoms with van der Waals surface area (Å²) in [5, 5.41) is 7.46. The number of benzene rings is 1. The number of nitrogens with zero attached hydrogens (tertiary/aromatic N) is 6. The predicted molar refractivity (Wildman–Crippen MR) is 110 cm³/mol. The molecule has 0 spiro atoms. The second kappa shape index (κ2) is 6.08. The number of hydrogen-bond donors (Lipinski definition) is 3. The van der Waals surface area contributed by atoms with Crippen LogP contribution in [0.5, 0.6) is 0 Å². The Labute approximate surface area is 165 Å². The normalized spacial score (nSPS) is 14.6. The van der Waals surface area contributed by atoms with E-state index in [1.807, 2.05) is 36.4 Å². The molecule has 4 N–H and O–H groups in total. The minimum Gasteiger partial charge on any atom is -0.352 e. The van der Waals surface area contributed by atoms with Crippen molar-refractivity contribution >= 4 is 27.9 Å². The maximum Gasteiger partial charge on any atom is 0.161 e. The Morgan fingerprint density at radius 2 is 1.83 bits per heavy atom. The second-order valence-corrected chi connectivity index (χ2v) is 7.20. The van der Waals surface area contributed by atoms with Crippen LogP contribution in [0.15, 0.2) is 48.8 Å². The quantitative estimate of drug-likeness (QED) is 0.436. The van der Waals surface area contributed by atoms with Gasteiger partial charge in [-0.05, 0) is 24.3 Å². The molecule has 1 aliphatic rings. The van der Waals surface area contributed by atoms with Crippen molar-refractivity contribution < 1.29 is 0 Å². The van der Waals surface area contributed by atoms with Crippen LogP contribution in [0.2, 0.25) is 0 Å². The smallest absolute Gasteiger partial charge is 0.161 e. The van der Waals surface area contributed by atoms with E-state index in [9.17, 15) is 0 Å². The lowest BCUT2D eigenvalue weighted by atomic mass is 10.1. The van der Waals surface area contributed by atoms with Crippen molar-refractivity contribution in [2.24, 2.45) is 5.73 Å². The fraction of sp³-hybridized carbons (Fsp3) is 0.150. The third-order valence-corrected chi connectivity index (χ3v) is 5.14. The summed E-state index contributed by atoms with van der Waals surface area (Å²) in [5.74, 6) is 1.49. The first-order valence-electron chi connectivity index (χ1n) is 9.38. The van der Waals surface area contributed by atoms with Crippen LogP contribution in [-0.4, -0.2) is 54.2 Å². The number of nitrogens with two attached hydrogens (primary N) is 1. The Bertz CT molecular complexity index is 1310. The van der Waals surface area contributed by atoms with Crippen LogP contribution in [0, 0.1) is 0 Å². The van der Waals surface area contributed by atoms with Gasteiger partial charge in [0.25, 0.3) is 0 Å². The van der Waals surface area contributed by atoms with Crippen LogP contribution in [0.4, 0.5) is 5.82 Å². The van der Waals surface area contributed by atoms with Gasteiger partial charge in [-0.1, -0.05) is 12.1 Å². The highest BCUT2D eigenvalue weighted by atomic mass is 15.3. The summed E-state index contributed by atoms with van der Waals surface area (Å²) in [6.45, 7) is 1.59.